The Morgan fingerprint density at radius 2 is 2.06 bits per heavy atom. The molecule has 1 aliphatic carbocycles. The lowest BCUT2D eigenvalue weighted by atomic mass is 9.82. The molecule has 0 N–H and O–H groups in total. The molecular formula is C13H20N2O2S. The molecule has 5 heteroatoms. The van der Waals surface area contributed by atoms with Crippen molar-refractivity contribution < 1.29 is 4.74 Å². The van der Waals surface area contributed by atoms with Crippen LogP contribution in [0.5, 0.6) is 0 Å². The lowest BCUT2D eigenvalue weighted by Crippen LogP contribution is -2.38. The van der Waals surface area contributed by atoms with E-state index in [1.807, 2.05) is 21.5 Å². The summed E-state index contributed by atoms with van der Waals surface area (Å²) in [7, 11) is 0. The van der Waals surface area contributed by atoms with Gasteiger partial charge >= 0.3 is 5.69 Å². The summed E-state index contributed by atoms with van der Waals surface area (Å²) in [6, 6.07) is 0.459. The predicted molar refractivity (Wildman–Crippen MR) is 73.3 cm³/mol. The first kappa shape index (κ1) is 12.4. The van der Waals surface area contributed by atoms with Gasteiger partial charge in [0, 0.05) is 43.6 Å². The van der Waals surface area contributed by atoms with Crippen molar-refractivity contribution in [1.29, 1.82) is 0 Å². The van der Waals surface area contributed by atoms with Crippen LogP contribution >= 0.6 is 12.6 Å². The third kappa shape index (κ3) is 2.26. The third-order valence-electron chi connectivity index (χ3n) is 4.21. The second kappa shape index (κ2) is 4.78. The third-order valence-corrected chi connectivity index (χ3v) is 4.88. The molecule has 4 nitrogen and oxygen atoms in total. The predicted octanol–water partition coefficient (Wildman–Crippen LogP) is 1.71. The van der Waals surface area contributed by atoms with Gasteiger partial charge < -0.3 is 4.74 Å². The molecule has 2 fully saturated rings. The zero-order valence-corrected chi connectivity index (χ0v) is 11.4. The Bertz CT molecular complexity index is 470. The van der Waals surface area contributed by atoms with Crippen LogP contribution in [0.15, 0.2) is 17.2 Å². The first-order valence-corrected chi connectivity index (χ1v) is 7.33. The number of aromatic nitrogens is 2. The van der Waals surface area contributed by atoms with E-state index >= 15 is 0 Å². The van der Waals surface area contributed by atoms with Gasteiger partial charge in [-0.15, -0.1) is 0 Å². The fourth-order valence-electron chi connectivity index (χ4n) is 2.71. The number of hydrogen-bond donors (Lipinski definition) is 1. The summed E-state index contributed by atoms with van der Waals surface area (Å²) < 4.78 is 9.16. The Morgan fingerprint density at radius 3 is 2.67 bits per heavy atom. The first-order chi connectivity index (χ1) is 8.74. The van der Waals surface area contributed by atoms with E-state index in [4.69, 9.17) is 4.74 Å². The summed E-state index contributed by atoms with van der Waals surface area (Å²) in [5.41, 5.74) is 0.270. The van der Waals surface area contributed by atoms with Crippen LogP contribution in [0.2, 0.25) is 0 Å². The maximum atomic E-state index is 12.3. The van der Waals surface area contributed by atoms with E-state index in [0.29, 0.717) is 6.04 Å². The monoisotopic (exact) mass is 268 g/mol. The van der Waals surface area contributed by atoms with Gasteiger partial charge in [-0.1, -0.05) is 0 Å². The number of ether oxygens (including phenoxy) is 1. The van der Waals surface area contributed by atoms with Crippen LogP contribution in [-0.4, -0.2) is 28.1 Å². The van der Waals surface area contributed by atoms with Gasteiger partial charge in [0.2, 0.25) is 0 Å². The van der Waals surface area contributed by atoms with E-state index < -0.39 is 0 Å². The summed E-state index contributed by atoms with van der Waals surface area (Å²) >= 11 is 4.50. The smallest absolute Gasteiger partial charge is 0.328 e. The molecule has 0 unspecified atom stereocenters. The summed E-state index contributed by atoms with van der Waals surface area (Å²) in [6.07, 6.45) is 8.16. The Hall–Kier alpha value is -0.680. The first-order valence-electron chi connectivity index (χ1n) is 6.70. The van der Waals surface area contributed by atoms with Gasteiger partial charge in [0.1, 0.15) is 0 Å². The van der Waals surface area contributed by atoms with Crippen molar-refractivity contribution in [2.45, 2.75) is 38.3 Å². The van der Waals surface area contributed by atoms with Gasteiger partial charge in [0.25, 0.3) is 0 Å². The standard InChI is InChI=1S/C13H20N2O2S/c16-12-14(5-6-15(12)11-1-2-11)9-13(10-18)3-7-17-8-4-13/h5-6,11,18H,1-4,7-10H2. The highest BCUT2D eigenvalue weighted by Gasteiger charge is 2.33. The average Bonchev–Trinajstić information content (AvgIpc) is 3.18. The van der Waals surface area contributed by atoms with E-state index in [9.17, 15) is 4.79 Å². The van der Waals surface area contributed by atoms with Crippen LogP contribution in [-0.2, 0) is 11.3 Å². The number of thiol groups is 1. The Balaban J connectivity index is 1.80. The number of imidazole rings is 1. The van der Waals surface area contributed by atoms with Gasteiger partial charge in [-0.25, -0.2) is 4.79 Å². The number of nitrogens with zero attached hydrogens (tertiary/aromatic N) is 2. The van der Waals surface area contributed by atoms with E-state index in [-0.39, 0.29) is 11.1 Å². The van der Waals surface area contributed by atoms with Gasteiger partial charge in [0.15, 0.2) is 0 Å². The SMILES string of the molecule is O=c1n(CC2(CS)CCOCC2)ccn1C1CC1. The summed E-state index contributed by atoms with van der Waals surface area (Å²) in [6.45, 7) is 2.36. The molecule has 1 aromatic rings. The van der Waals surface area contributed by atoms with Crippen molar-refractivity contribution >= 4 is 12.6 Å². The molecule has 1 aromatic heterocycles. The molecule has 0 amide bonds. The highest BCUT2D eigenvalue weighted by atomic mass is 32.1. The number of rotatable bonds is 4. The average molecular weight is 268 g/mol. The minimum atomic E-state index is 0.126. The van der Waals surface area contributed by atoms with E-state index in [2.05, 4.69) is 12.6 Å². The summed E-state index contributed by atoms with van der Waals surface area (Å²) in [4.78, 5) is 12.3. The van der Waals surface area contributed by atoms with Crippen molar-refractivity contribution in [1.82, 2.24) is 9.13 Å². The van der Waals surface area contributed by atoms with Crippen molar-refractivity contribution in [2.75, 3.05) is 19.0 Å². The van der Waals surface area contributed by atoms with Crippen LogP contribution in [0.3, 0.4) is 0 Å². The minimum Gasteiger partial charge on any atom is -0.381 e. The van der Waals surface area contributed by atoms with Gasteiger partial charge in [-0.2, -0.15) is 12.6 Å². The normalized spacial score (nSPS) is 23.2. The molecule has 3 rings (SSSR count). The van der Waals surface area contributed by atoms with Crippen molar-refractivity contribution in [3.8, 4) is 0 Å². The molecule has 2 aliphatic rings. The zero-order valence-electron chi connectivity index (χ0n) is 10.5. The van der Waals surface area contributed by atoms with Crippen LogP contribution in [0.4, 0.5) is 0 Å². The maximum Gasteiger partial charge on any atom is 0.328 e. The topological polar surface area (TPSA) is 36.2 Å². The van der Waals surface area contributed by atoms with Crippen molar-refractivity contribution in [2.24, 2.45) is 5.41 Å². The molecular weight excluding hydrogens is 248 g/mol. The second-order valence-electron chi connectivity index (χ2n) is 5.62. The molecule has 2 heterocycles. The van der Waals surface area contributed by atoms with Gasteiger partial charge in [-0.3, -0.25) is 9.13 Å². The molecule has 1 saturated carbocycles. The summed E-state index contributed by atoms with van der Waals surface area (Å²) in [5, 5.41) is 0. The molecule has 0 spiro atoms. The van der Waals surface area contributed by atoms with Crippen molar-refractivity contribution in [3.05, 3.63) is 22.9 Å². The highest BCUT2D eigenvalue weighted by Crippen LogP contribution is 2.35. The quantitative estimate of drug-likeness (QED) is 0.844. The molecule has 0 bridgehead atoms. The lowest BCUT2D eigenvalue weighted by Gasteiger charge is -2.35. The molecule has 0 aromatic carbocycles. The zero-order chi connectivity index (χ0) is 12.6. The van der Waals surface area contributed by atoms with Crippen LogP contribution in [0, 0.1) is 5.41 Å². The summed E-state index contributed by atoms with van der Waals surface area (Å²) in [5.74, 6) is 0.817. The fourth-order valence-corrected chi connectivity index (χ4v) is 3.13. The molecule has 0 radical (unpaired) electrons. The maximum absolute atomic E-state index is 12.3. The Kier molecular flexibility index (Phi) is 3.28. The lowest BCUT2D eigenvalue weighted by molar-refractivity contribution is 0.0177. The molecule has 1 aliphatic heterocycles. The van der Waals surface area contributed by atoms with Gasteiger partial charge in [-0.05, 0) is 31.4 Å². The van der Waals surface area contributed by atoms with Crippen LogP contribution in [0.1, 0.15) is 31.7 Å². The fraction of sp³-hybridized carbons (Fsp3) is 0.769. The van der Waals surface area contributed by atoms with Crippen LogP contribution in [0.25, 0.3) is 0 Å². The molecule has 100 valence electrons. The second-order valence-corrected chi connectivity index (χ2v) is 5.93. The molecule has 1 saturated heterocycles. The Morgan fingerprint density at radius 1 is 1.33 bits per heavy atom. The van der Waals surface area contributed by atoms with Gasteiger partial charge in [0.05, 0.1) is 0 Å². The van der Waals surface area contributed by atoms with Crippen molar-refractivity contribution in [3.63, 3.8) is 0 Å². The van der Waals surface area contributed by atoms with Crippen LogP contribution < -0.4 is 5.69 Å². The van der Waals surface area contributed by atoms with E-state index in [0.717, 1.165) is 51.2 Å². The van der Waals surface area contributed by atoms with E-state index in [1.54, 1.807) is 0 Å². The van der Waals surface area contributed by atoms with E-state index in [1.165, 1.54) is 0 Å². The molecule has 18 heavy (non-hydrogen) atoms. The highest BCUT2D eigenvalue weighted by molar-refractivity contribution is 7.80. The Labute approximate surface area is 112 Å². The molecule has 0 atom stereocenters. The number of hydrogen-bond acceptors (Lipinski definition) is 3. The minimum absolute atomic E-state index is 0.126. The largest absolute Gasteiger partial charge is 0.381 e.